The maximum absolute atomic E-state index is 12.1. The van der Waals surface area contributed by atoms with Crippen molar-refractivity contribution >= 4 is 17.9 Å². The lowest BCUT2D eigenvalue weighted by Crippen LogP contribution is -2.40. The highest BCUT2D eigenvalue weighted by Gasteiger charge is 2.22. The molecule has 4 heteroatoms. The highest BCUT2D eigenvalue weighted by atomic mass is 16.2. The van der Waals surface area contributed by atoms with E-state index in [2.05, 4.69) is 69.0 Å². The van der Waals surface area contributed by atoms with Crippen LogP contribution >= 0.6 is 0 Å². The molecule has 1 aliphatic heterocycles. The van der Waals surface area contributed by atoms with E-state index in [1.807, 2.05) is 12.1 Å². The lowest BCUT2D eigenvalue weighted by atomic mass is 9.86. The number of hydrazone groups is 1. The van der Waals surface area contributed by atoms with Crippen LogP contribution in [0.15, 0.2) is 53.8 Å². The van der Waals surface area contributed by atoms with Gasteiger partial charge in [0.25, 0.3) is 0 Å². The van der Waals surface area contributed by atoms with Gasteiger partial charge in [0.1, 0.15) is 0 Å². The van der Waals surface area contributed by atoms with Gasteiger partial charge in [-0.15, -0.1) is 0 Å². The first-order chi connectivity index (χ1) is 11.9. The number of nitrogens with zero attached hydrogens (tertiary/aromatic N) is 2. The monoisotopic (exact) mass is 333 g/mol. The molecule has 2 amide bonds. The number of rotatable bonds is 3. The van der Waals surface area contributed by atoms with E-state index in [1.165, 1.54) is 21.7 Å². The van der Waals surface area contributed by atoms with Crippen LogP contribution in [0.5, 0.6) is 0 Å². The number of nitrogens with one attached hydrogen (secondary N) is 1. The van der Waals surface area contributed by atoms with Gasteiger partial charge in [0.2, 0.25) is 0 Å². The minimum absolute atomic E-state index is 0.285. The zero-order valence-electron chi connectivity index (χ0n) is 15.1. The van der Waals surface area contributed by atoms with Crippen LogP contribution in [0.2, 0.25) is 0 Å². The third kappa shape index (κ3) is 3.33. The molecular formula is C21H23N3O. The molecule has 2 aromatic rings. The Balaban J connectivity index is 1.98. The average molecular weight is 333 g/mol. The fourth-order valence-electron chi connectivity index (χ4n) is 3.37. The fourth-order valence-corrected chi connectivity index (χ4v) is 3.37. The first-order valence-corrected chi connectivity index (χ1v) is 8.38. The van der Waals surface area contributed by atoms with Gasteiger partial charge in [-0.25, -0.2) is 4.79 Å². The number of amides is 2. The van der Waals surface area contributed by atoms with Crippen molar-refractivity contribution in [3.8, 4) is 0 Å². The zero-order chi connectivity index (χ0) is 18.1. The maximum Gasteiger partial charge on any atom is 0.347 e. The number of aryl methyl sites for hydroxylation is 3. The van der Waals surface area contributed by atoms with Crippen LogP contribution in [-0.2, 0) is 0 Å². The van der Waals surface area contributed by atoms with Gasteiger partial charge >= 0.3 is 6.03 Å². The lowest BCUT2D eigenvalue weighted by molar-refractivity contribution is 0.248. The maximum atomic E-state index is 12.1. The third-order valence-electron chi connectivity index (χ3n) is 4.62. The van der Waals surface area contributed by atoms with Gasteiger partial charge in [-0.3, -0.25) is 0 Å². The molecule has 0 aromatic heterocycles. The van der Waals surface area contributed by atoms with E-state index in [1.54, 1.807) is 6.21 Å². The van der Waals surface area contributed by atoms with Gasteiger partial charge in [-0.2, -0.15) is 10.1 Å². The molecule has 1 heterocycles. The summed E-state index contributed by atoms with van der Waals surface area (Å²) in [6.07, 6.45) is 1.55. The van der Waals surface area contributed by atoms with E-state index >= 15 is 0 Å². The summed E-state index contributed by atoms with van der Waals surface area (Å²) in [5, 5.41) is 8.23. The minimum atomic E-state index is -0.286. The van der Waals surface area contributed by atoms with Gasteiger partial charge in [0.05, 0.1) is 17.6 Å². The molecular weight excluding hydrogens is 310 g/mol. The summed E-state index contributed by atoms with van der Waals surface area (Å²) in [5.74, 6) is 0.285. The Kier molecular flexibility index (Phi) is 4.45. The minimum Gasteiger partial charge on any atom is -0.305 e. The second kappa shape index (κ2) is 6.55. The predicted molar refractivity (Wildman–Crippen MR) is 103 cm³/mol. The summed E-state index contributed by atoms with van der Waals surface area (Å²) in [5.41, 5.74) is 7.39. The van der Waals surface area contributed by atoms with Gasteiger partial charge in [0, 0.05) is 5.92 Å². The Morgan fingerprint density at radius 2 is 1.68 bits per heavy atom. The van der Waals surface area contributed by atoms with E-state index in [0.717, 1.165) is 16.8 Å². The number of anilines is 1. The molecule has 128 valence electrons. The van der Waals surface area contributed by atoms with E-state index in [4.69, 9.17) is 0 Å². The van der Waals surface area contributed by atoms with Gasteiger partial charge in [-0.1, -0.05) is 43.3 Å². The van der Waals surface area contributed by atoms with Crippen LogP contribution in [0, 0.1) is 20.8 Å². The highest BCUT2D eigenvalue weighted by molar-refractivity contribution is 6.01. The molecule has 0 spiro atoms. The van der Waals surface area contributed by atoms with Crippen molar-refractivity contribution in [1.82, 2.24) is 5.32 Å². The van der Waals surface area contributed by atoms with Crippen LogP contribution in [0.3, 0.4) is 0 Å². The summed E-state index contributed by atoms with van der Waals surface area (Å²) in [6.45, 7) is 12.2. The summed E-state index contributed by atoms with van der Waals surface area (Å²) in [7, 11) is 0. The third-order valence-corrected chi connectivity index (χ3v) is 4.62. The largest absolute Gasteiger partial charge is 0.347 e. The summed E-state index contributed by atoms with van der Waals surface area (Å²) >= 11 is 0. The molecule has 3 rings (SSSR count). The molecule has 0 bridgehead atoms. The molecule has 1 aliphatic rings. The fraction of sp³-hybridized carbons (Fsp3) is 0.238. The molecule has 1 N–H and O–H groups in total. The normalized spacial score (nSPS) is 15.3. The molecule has 0 fully saturated rings. The lowest BCUT2D eigenvalue weighted by Gasteiger charge is -2.25. The second-order valence-electron chi connectivity index (χ2n) is 6.64. The van der Waals surface area contributed by atoms with Crippen molar-refractivity contribution in [3.63, 3.8) is 0 Å². The number of hydrogen-bond acceptors (Lipinski definition) is 2. The van der Waals surface area contributed by atoms with E-state index in [-0.39, 0.29) is 11.9 Å². The van der Waals surface area contributed by atoms with Crippen molar-refractivity contribution in [3.05, 3.63) is 76.5 Å². The Morgan fingerprint density at radius 3 is 2.24 bits per heavy atom. The van der Waals surface area contributed by atoms with Gasteiger partial charge in [0.15, 0.2) is 0 Å². The van der Waals surface area contributed by atoms with Crippen molar-refractivity contribution in [2.75, 3.05) is 5.01 Å². The molecule has 0 aliphatic carbocycles. The Labute approximate surface area is 148 Å². The number of allylic oxidation sites excluding steroid dienone is 1. The highest BCUT2D eigenvalue weighted by Crippen LogP contribution is 2.33. The first kappa shape index (κ1) is 17.0. The Morgan fingerprint density at radius 1 is 1.08 bits per heavy atom. The zero-order valence-corrected chi connectivity index (χ0v) is 15.1. The molecule has 25 heavy (non-hydrogen) atoms. The molecule has 0 saturated heterocycles. The number of benzene rings is 2. The molecule has 1 atom stereocenters. The van der Waals surface area contributed by atoms with Crippen LogP contribution in [0.1, 0.15) is 40.7 Å². The second-order valence-corrected chi connectivity index (χ2v) is 6.64. The smallest absolute Gasteiger partial charge is 0.305 e. The molecule has 1 unspecified atom stereocenters. The molecule has 2 aromatic carbocycles. The van der Waals surface area contributed by atoms with Crippen LogP contribution in [0.4, 0.5) is 10.5 Å². The topological polar surface area (TPSA) is 44.7 Å². The van der Waals surface area contributed by atoms with Crippen LogP contribution in [0.25, 0.3) is 0 Å². The van der Waals surface area contributed by atoms with E-state index < -0.39 is 0 Å². The van der Waals surface area contributed by atoms with Gasteiger partial charge < -0.3 is 5.32 Å². The Bertz CT molecular complexity index is 842. The number of carbonyl (C=O) groups is 1. The molecule has 0 saturated carbocycles. The number of urea groups is 1. The SMILES string of the molecule is C=C1C=NN(c2cc(C)c(C(C)c3ccc(C)cc3)c(C)c2)C(=O)N1. The van der Waals surface area contributed by atoms with Crippen molar-refractivity contribution in [1.29, 1.82) is 0 Å². The van der Waals surface area contributed by atoms with Crippen molar-refractivity contribution in [2.45, 2.75) is 33.6 Å². The van der Waals surface area contributed by atoms with Crippen LogP contribution in [-0.4, -0.2) is 12.2 Å². The number of carbonyl (C=O) groups excluding carboxylic acids is 1. The van der Waals surface area contributed by atoms with Crippen LogP contribution < -0.4 is 10.3 Å². The quantitative estimate of drug-likeness (QED) is 0.862. The van der Waals surface area contributed by atoms with E-state index in [0.29, 0.717) is 5.70 Å². The molecule has 4 nitrogen and oxygen atoms in total. The predicted octanol–water partition coefficient (Wildman–Crippen LogP) is 4.79. The van der Waals surface area contributed by atoms with Crippen molar-refractivity contribution in [2.24, 2.45) is 5.10 Å². The van der Waals surface area contributed by atoms with E-state index in [9.17, 15) is 4.79 Å². The summed E-state index contributed by atoms with van der Waals surface area (Å²) in [6, 6.07) is 12.4. The molecule has 0 radical (unpaired) electrons. The van der Waals surface area contributed by atoms with Gasteiger partial charge in [-0.05, 0) is 55.2 Å². The number of hydrogen-bond donors (Lipinski definition) is 1. The van der Waals surface area contributed by atoms with Crippen molar-refractivity contribution < 1.29 is 4.79 Å². The summed E-state index contributed by atoms with van der Waals surface area (Å²) < 4.78 is 0. The first-order valence-electron chi connectivity index (χ1n) is 8.38. The summed E-state index contributed by atoms with van der Waals surface area (Å²) in [4.78, 5) is 12.1. The average Bonchev–Trinajstić information content (AvgIpc) is 2.54. The Hall–Kier alpha value is -2.88. The standard InChI is InChI=1S/C21H23N3O/c1-13-6-8-18(9-7-13)17(5)20-14(2)10-19(11-15(20)3)24-21(25)23-16(4)12-22-24/h6-12,17H,4H2,1-3,5H3,(H,23,25).